The second-order valence-corrected chi connectivity index (χ2v) is 5.40. The summed E-state index contributed by atoms with van der Waals surface area (Å²) in [5, 5.41) is 9.56. The Balaban J connectivity index is 1.70. The standard InChI is InChI=1S/C14H21N5O2/c1-2-18-9-10(4-5-12(18)20)17-13(21)11-8-16-14-15-6-3-7-19(11)14/h4-5,9,11,14-16H,2-3,6-8H2,1H3,(H,17,21). The number of fused-ring (bicyclic) bond motifs is 1. The Morgan fingerprint density at radius 2 is 2.29 bits per heavy atom. The Kier molecular flexibility index (Phi) is 4.05. The number of hydrogen-bond acceptors (Lipinski definition) is 5. The van der Waals surface area contributed by atoms with Gasteiger partial charge in [0.2, 0.25) is 5.91 Å². The Labute approximate surface area is 123 Å². The molecule has 2 unspecified atom stereocenters. The molecule has 1 aromatic rings. The van der Waals surface area contributed by atoms with Crippen LogP contribution in [0.5, 0.6) is 0 Å². The summed E-state index contributed by atoms with van der Waals surface area (Å²) in [6.07, 6.45) is 2.83. The summed E-state index contributed by atoms with van der Waals surface area (Å²) in [6, 6.07) is 2.96. The first-order chi connectivity index (χ1) is 10.2. The number of pyridine rings is 1. The smallest absolute Gasteiger partial charge is 0.250 e. The Morgan fingerprint density at radius 1 is 1.43 bits per heavy atom. The van der Waals surface area contributed by atoms with E-state index in [1.165, 1.54) is 6.07 Å². The van der Waals surface area contributed by atoms with Crippen molar-refractivity contribution in [2.75, 3.05) is 25.0 Å². The van der Waals surface area contributed by atoms with Gasteiger partial charge in [-0.05, 0) is 26.0 Å². The first-order valence-electron chi connectivity index (χ1n) is 7.43. The summed E-state index contributed by atoms with van der Waals surface area (Å²) in [5.74, 6) is -0.0324. The molecule has 3 heterocycles. The second-order valence-electron chi connectivity index (χ2n) is 5.40. The highest BCUT2D eigenvalue weighted by Crippen LogP contribution is 2.15. The van der Waals surface area contributed by atoms with Gasteiger partial charge in [0.15, 0.2) is 0 Å². The van der Waals surface area contributed by atoms with E-state index in [0.717, 1.165) is 19.5 Å². The molecule has 114 valence electrons. The number of aryl methyl sites for hydroxylation is 1. The number of nitrogens with one attached hydrogen (secondary N) is 3. The van der Waals surface area contributed by atoms with E-state index < -0.39 is 0 Å². The van der Waals surface area contributed by atoms with Gasteiger partial charge in [-0.1, -0.05) is 0 Å². The fraction of sp³-hybridized carbons (Fsp3) is 0.571. The van der Waals surface area contributed by atoms with E-state index in [0.29, 0.717) is 18.8 Å². The number of hydrogen-bond donors (Lipinski definition) is 3. The van der Waals surface area contributed by atoms with E-state index in [9.17, 15) is 9.59 Å². The van der Waals surface area contributed by atoms with Gasteiger partial charge in [-0.2, -0.15) is 0 Å². The van der Waals surface area contributed by atoms with Crippen LogP contribution in [0.1, 0.15) is 13.3 Å². The molecule has 0 aromatic carbocycles. The number of aromatic nitrogens is 1. The van der Waals surface area contributed by atoms with Crippen LogP contribution < -0.4 is 21.5 Å². The molecule has 2 aliphatic heterocycles. The van der Waals surface area contributed by atoms with Gasteiger partial charge in [0.1, 0.15) is 12.3 Å². The van der Waals surface area contributed by atoms with Crippen molar-refractivity contribution in [3.8, 4) is 0 Å². The average Bonchev–Trinajstić information content (AvgIpc) is 2.93. The van der Waals surface area contributed by atoms with E-state index in [4.69, 9.17) is 0 Å². The number of rotatable bonds is 3. The Morgan fingerprint density at radius 3 is 3.10 bits per heavy atom. The van der Waals surface area contributed by atoms with E-state index in [1.54, 1.807) is 16.8 Å². The molecule has 2 atom stereocenters. The highest BCUT2D eigenvalue weighted by atomic mass is 16.2. The molecule has 0 bridgehead atoms. The fourth-order valence-electron chi connectivity index (χ4n) is 2.93. The van der Waals surface area contributed by atoms with Crippen molar-refractivity contribution >= 4 is 11.6 Å². The SMILES string of the molecule is CCn1cc(NC(=O)C2CNC3NCCCN32)ccc1=O. The lowest BCUT2D eigenvalue weighted by Gasteiger charge is -2.33. The summed E-state index contributed by atoms with van der Waals surface area (Å²) < 4.78 is 1.58. The Bertz CT molecular complexity index is 585. The number of carbonyl (C=O) groups excluding carboxylic acids is 1. The Hall–Kier alpha value is -1.70. The number of nitrogens with zero attached hydrogens (tertiary/aromatic N) is 2. The maximum Gasteiger partial charge on any atom is 0.250 e. The lowest BCUT2D eigenvalue weighted by Crippen LogP contribution is -2.55. The van der Waals surface area contributed by atoms with Crippen molar-refractivity contribution in [2.45, 2.75) is 32.2 Å². The maximum atomic E-state index is 12.4. The molecule has 1 aromatic heterocycles. The van der Waals surface area contributed by atoms with Crippen LogP contribution >= 0.6 is 0 Å². The first-order valence-corrected chi connectivity index (χ1v) is 7.43. The van der Waals surface area contributed by atoms with Crippen LogP contribution in [-0.4, -0.2) is 47.3 Å². The van der Waals surface area contributed by atoms with Crippen molar-refractivity contribution < 1.29 is 4.79 Å². The van der Waals surface area contributed by atoms with E-state index in [2.05, 4.69) is 20.9 Å². The summed E-state index contributed by atoms with van der Waals surface area (Å²) in [4.78, 5) is 26.1. The van der Waals surface area contributed by atoms with Crippen molar-refractivity contribution in [3.05, 3.63) is 28.7 Å². The quantitative estimate of drug-likeness (QED) is 0.690. The molecule has 0 aliphatic carbocycles. The van der Waals surface area contributed by atoms with Crippen LogP contribution in [0.4, 0.5) is 5.69 Å². The number of carbonyl (C=O) groups is 1. The third-order valence-electron chi connectivity index (χ3n) is 4.06. The zero-order chi connectivity index (χ0) is 14.8. The van der Waals surface area contributed by atoms with E-state index in [1.807, 2.05) is 6.92 Å². The average molecular weight is 291 g/mol. The van der Waals surface area contributed by atoms with Crippen LogP contribution in [-0.2, 0) is 11.3 Å². The number of anilines is 1. The molecule has 21 heavy (non-hydrogen) atoms. The summed E-state index contributed by atoms with van der Waals surface area (Å²) >= 11 is 0. The summed E-state index contributed by atoms with van der Waals surface area (Å²) in [5.41, 5.74) is 0.605. The van der Waals surface area contributed by atoms with Crippen molar-refractivity contribution in [2.24, 2.45) is 0 Å². The van der Waals surface area contributed by atoms with Gasteiger partial charge in [-0.3, -0.25) is 25.1 Å². The van der Waals surface area contributed by atoms with Crippen LogP contribution in [0.15, 0.2) is 23.1 Å². The zero-order valence-corrected chi connectivity index (χ0v) is 12.1. The molecular weight excluding hydrogens is 270 g/mol. The van der Waals surface area contributed by atoms with E-state index in [-0.39, 0.29) is 23.8 Å². The molecule has 3 N–H and O–H groups in total. The molecule has 7 heteroatoms. The summed E-state index contributed by atoms with van der Waals surface area (Å²) in [7, 11) is 0. The molecule has 2 aliphatic rings. The van der Waals surface area contributed by atoms with Gasteiger partial charge in [0.05, 0.1) is 5.69 Å². The maximum absolute atomic E-state index is 12.4. The highest BCUT2D eigenvalue weighted by molar-refractivity contribution is 5.95. The van der Waals surface area contributed by atoms with Crippen LogP contribution in [0.2, 0.25) is 0 Å². The molecule has 3 rings (SSSR count). The predicted molar refractivity (Wildman–Crippen MR) is 79.9 cm³/mol. The van der Waals surface area contributed by atoms with Crippen molar-refractivity contribution in [1.29, 1.82) is 0 Å². The van der Waals surface area contributed by atoms with Crippen LogP contribution in [0, 0.1) is 0 Å². The summed E-state index contributed by atoms with van der Waals surface area (Å²) in [6.45, 7) is 5.02. The molecule has 2 fully saturated rings. The molecule has 1 amide bonds. The van der Waals surface area contributed by atoms with Crippen molar-refractivity contribution in [3.63, 3.8) is 0 Å². The lowest BCUT2D eigenvalue weighted by atomic mass is 10.2. The van der Waals surface area contributed by atoms with Crippen LogP contribution in [0.3, 0.4) is 0 Å². The molecule has 0 saturated carbocycles. The third kappa shape index (κ3) is 2.85. The molecule has 7 nitrogen and oxygen atoms in total. The van der Waals surface area contributed by atoms with E-state index >= 15 is 0 Å². The van der Waals surface area contributed by atoms with Crippen molar-refractivity contribution in [1.82, 2.24) is 20.1 Å². The minimum atomic E-state index is -0.176. The lowest BCUT2D eigenvalue weighted by molar-refractivity contribution is -0.120. The largest absolute Gasteiger partial charge is 0.323 e. The highest BCUT2D eigenvalue weighted by Gasteiger charge is 2.38. The predicted octanol–water partition coefficient (Wildman–Crippen LogP) is -0.643. The fourth-order valence-corrected chi connectivity index (χ4v) is 2.93. The van der Waals surface area contributed by atoms with Gasteiger partial charge in [-0.15, -0.1) is 0 Å². The first kappa shape index (κ1) is 14.2. The molecule has 0 radical (unpaired) electrons. The van der Waals surface area contributed by atoms with Gasteiger partial charge in [0.25, 0.3) is 5.56 Å². The topological polar surface area (TPSA) is 78.4 Å². The minimum absolute atomic E-state index is 0.0324. The van der Waals surface area contributed by atoms with Gasteiger partial charge in [0, 0.05) is 31.9 Å². The third-order valence-corrected chi connectivity index (χ3v) is 4.06. The van der Waals surface area contributed by atoms with Crippen LogP contribution in [0.25, 0.3) is 0 Å². The molecule has 2 saturated heterocycles. The van der Waals surface area contributed by atoms with Gasteiger partial charge >= 0.3 is 0 Å². The molecule has 0 spiro atoms. The monoisotopic (exact) mass is 291 g/mol. The number of amides is 1. The zero-order valence-electron chi connectivity index (χ0n) is 12.1. The van der Waals surface area contributed by atoms with Gasteiger partial charge < -0.3 is 9.88 Å². The normalized spacial score (nSPS) is 25.6. The van der Waals surface area contributed by atoms with Gasteiger partial charge in [-0.25, -0.2) is 0 Å². The second kappa shape index (κ2) is 5.97. The minimum Gasteiger partial charge on any atom is -0.323 e. The molecular formula is C14H21N5O2.